The number of hydrogen-bond donors (Lipinski definition) is 2. The van der Waals surface area contributed by atoms with E-state index in [2.05, 4.69) is 0 Å². The fraction of sp³-hybridized carbons (Fsp3) is 0.345. The Hall–Kier alpha value is -4.00. The lowest BCUT2D eigenvalue weighted by Gasteiger charge is -2.57. The highest BCUT2D eigenvalue weighted by molar-refractivity contribution is 7.85. The maximum Gasteiger partial charge on any atom is 0.348 e. The van der Waals surface area contributed by atoms with Crippen LogP contribution in [0.15, 0.2) is 45.7 Å². The molecular formula is C29H22O11S. The maximum atomic E-state index is 13.6. The molecule has 210 valence electrons. The third kappa shape index (κ3) is 3.50. The molecule has 6 bridgehead atoms. The van der Waals surface area contributed by atoms with Crippen LogP contribution in [0.25, 0.3) is 21.9 Å². The van der Waals surface area contributed by atoms with E-state index >= 15 is 0 Å². The minimum absolute atomic E-state index is 0.0111. The molecule has 12 heteroatoms. The van der Waals surface area contributed by atoms with Gasteiger partial charge < -0.3 is 23.7 Å². The second-order valence-electron chi connectivity index (χ2n) is 11.7. The van der Waals surface area contributed by atoms with Crippen molar-refractivity contribution in [3.05, 3.63) is 47.5 Å². The fourth-order valence-corrected chi connectivity index (χ4v) is 8.22. The Morgan fingerprint density at radius 2 is 1.66 bits per heavy atom. The molecule has 9 rings (SSSR count). The van der Waals surface area contributed by atoms with Crippen molar-refractivity contribution in [2.24, 2.45) is 23.2 Å². The molecule has 4 aliphatic carbocycles. The van der Waals surface area contributed by atoms with Gasteiger partial charge in [-0.25, -0.2) is 9.59 Å². The summed E-state index contributed by atoms with van der Waals surface area (Å²) < 4.78 is 54.6. The zero-order chi connectivity index (χ0) is 28.4. The lowest BCUT2D eigenvalue weighted by Crippen LogP contribution is -2.57. The molecule has 0 radical (unpaired) electrons. The van der Waals surface area contributed by atoms with Crippen molar-refractivity contribution in [3.63, 3.8) is 0 Å². The zero-order valence-electron chi connectivity index (χ0n) is 21.3. The summed E-state index contributed by atoms with van der Waals surface area (Å²) in [5.41, 5.74) is -1.16. The Labute approximate surface area is 232 Å². The summed E-state index contributed by atoms with van der Waals surface area (Å²) >= 11 is 0. The summed E-state index contributed by atoms with van der Waals surface area (Å²) in [6, 6.07) is 8.39. The van der Waals surface area contributed by atoms with Crippen LogP contribution in [0.5, 0.6) is 17.2 Å². The Morgan fingerprint density at radius 3 is 2.39 bits per heavy atom. The van der Waals surface area contributed by atoms with Gasteiger partial charge in [-0.2, -0.15) is 8.42 Å². The predicted octanol–water partition coefficient (Wildman–Crippen LogP) is 4.11. The van der Waals surface area contributed by atoms with E-state index in [4.69, 9.17) is 18.6 Å². The van der Waals surface area contributed by atoms with E-state index in [1.165, 1.54) is 36.4 Å². The first kappa shape index (κ1) is 24.8. The van der Waals surface area contributed by atoms with Gasteiger partial charge in [-0.15, -0.1) is 0 Å². The van der Waals surface area contributed by atoms with Gasteiger partial charge in [0.2, 0.25) is 11.5 Å². The van der Waals surface area contributed by atoms with Crippen molar-refractivity contribution >= 4 is 50.0 Å². The van der Waals surface area contributed by atoms with Crippen LogP contribution in [0.3, 0.4) is 0 Å². The van der Waals surface area contributed by atoms with Crippen LogP contribution < -0.4 is 14.2 Å². The summed E-state index contributed by atoms with van der Waals surface area (Å²) in [6.45, 7) is 0. The summed E-state index contributed by atoms with van der Waals surface area (Å²) in [4.78, 5) is 39.4. The first-order valence-corrected chi connectivity index (χ1v) is 14.7. The third-order valence-electron chi connectivity index (χ3n) is 9.27. The van der Waals surface area contributed by atoms with Gasteiger partial charge in [0.15, 0.2) is 11.2 Å². The minimum Gasteiger partial charge on any atom is -0.447 e. The number of ether oxygens (including phenoxy) is 3. The van der Waals surface area contributed by atoms with Gasteiger partial charge in [0.1, 0.15) is 16.9 Å². The number of fused-ring (bicyclic) bond motifs is 2. The first-order chi connectivity index (χ1) is 19.5. The molecule has 11 nitrogen and oxygen atoms in total. The molecule has 41 heavy (non-hydrogen) atoms. The smallest absolute Gasteiger partial charge is 0.348 e. The Kier molecular flexibility index (Phi) is 4.87. The van der Waals surface area contributed by atoms with E-state index in [1.807, 2.05) is 0 Å². The van der Waals surface area contributed by atoms with Crippen LogP contribution >= 0.6 is 0 Å². The number of hydrogen-bond acceptors (Lipinski definition) is 10. The predicted molar refractivity (Wildman–Crippen MR) is 139 cm³/mol. The molecule has 4 aromatic rings. The second kappa shape index (κ2) is 8.05. The van der Waals surface area contributed by atoms with Crippen LogP contribution in [0.1, 0.15) is 52.8 Å². The molecular weight excluding hydrogens is 556 g/mol. The quantitative estimate of drug-likeness (QED) is 0.199. The lowest BCUT2D eigenvalue weighted by molar-refractivity contribution is -0.175. The molecule has 1 aliphatic heterocycles. The maximum absolute atomic E-state index is 13.6. The average Bonchev–Trinajstić information content (AvgIpc) is 3.54. The van der Waals surface area contributed by atoms with Gasteiger partial charge in [-0.1, -0.05) is 12.1 Å². The van der Waals surface area contributed by atoms with E-state index in [1.54, 1.807) is 0 Å². The molecule has 0 amide bonds. The van der Waals surface area contributed by atoms with Gasteiger partial charge in [0, 0.05) is 0 Å². The summed E-state index contributed by atoms with van der Waals surface area (Å²) in [5.74, 6) is -1.84. The molecule has 2 aromatic heterocycles. The molecule has 2 aromatic carbocycles. The lowest BCUT2D eigenvalue weighted by atomic mass is 9.48. The monoisotopic (exact) mass is 578 g/mol. The van der Waals surface area contributed by atoms with Crippen molar-refractivity contribution < 1.29 is 51.1 Å². The number of rotatable bonds is 5. The molecule has 0 spiro atoms. The van der Waals surface area contributed by atoms with Gasteiger partial charge in [-0.3, -0.25) is 9.35 Å². The standard InChI is InChI=1S/C29H22O11S/c30-21-15-5-12-6-16(21)11-29(9-12,10-15)28(33)40-25-23-19(20-22(38-23)24(25)39-27(20)32)26(31)37-17-3-1-14-8-18(41(34,35)36)4-2-13(14)7-17/h1-4,7-8,12,15-16,21,30H,5-6,9-11H2,(H,34,35,36)/t12?,15-,16?,21?,29?/m1/s1. The fourth-order valence-electron chi connectivity index (χ4n) is 7.71. The van der Waals surface area contributed by atoms with Crippen molar-refractivity contribution in [1.82, 2.24) is 0 Å². The molecule has 5 aliphatic rings. The van der Waals surface area contributed by atoms with Crippen LogP contribution in [-0.2, 0) is 14.9 Å². The summed E-state index contributed by atoms with van der Waals surface area (Å²) in [6.07, 6.45) is 3.11. The van der Waals surface area contributed by atoms with Gasteiger partial charge in [0.25, 0.3) is 10.1 Å². The highest BCUT2D eigenvalue weighted by Gasteiger charge is 2.59. The number of carbonyl (C=O) groups is 3. The van der Waals surface area contributed by atoms with E-state index in [0.717, 1.165) is 12.8 Å². The normalized spacial score (nSPS) is 28.0. The van der Waals surface area contributed by atoms with Gasteiger partial charge >= 0.3 is 17.9 Å². The molecule has 4 unspecified atom stereocenters. The number of esters is 3. The minimum atomic E-state index is -4.38. The molecule has 2 N–H and O–H groups in total. The first-order valence-electron chi connectivity index (χ1n) is 13.3. The molecule has 4 fully saturated rings. The number of furan rings is 2. The van der Waals surface area contributed by atoms with Crippen molar-refractivity contribution in [2.75, 3.05) is 0 Å². The Bertz CT molecular complexity index is 1920. The van der Waals surface area contributed by atoms with Crippen molar-refractivity contribution in [1.29, 1.82) is 0 Å². The number of aliphatic hydroxyl groups excluding tert-OH is 1. The molecule has 3 heterocycles. The van der Waals surface area contributed by atoms with Crippen LogP contribution in [0.2, 0.25) is 0 Å². The summed E-state index contributed by atoms with van der Waals surface area (Å²) in [5, 5.41) is 11.6. The topological polar surface area (TPSA) is 167 Å². The Balaban J connectivity index is 1.10. The summed E-state index contributed by atoms with van der Waals surface area (Å²) in [7, 11) is -4.38. The van der Waals surface area contributed by atoms with Crippen molar-refractivity contribution in [2.45, 2.75) is 43.1 Å². The second-order valence-corrected chi connectivity index (χ2v) is 13.1. The third-order valence-corrected chi connectivity index (χ3v) is 10.1. The van der Waals surface area contributed by atoms with E-state index in [-0.39, 0.29) is 56.3 Å². The Morgan fingerprint density at radius 1 is 0.951 bits per heavy atom. The largest absolute Gasteiger partial charge is 0.447 e. The van der Waals surface area contributed by atoms with Gasteiger partial charge in [-0.05, 0) is 84.9 Å². The number of carbonyl (C=O) groups excluding carboxylic acids is 3. The molecule has 0 saturated heterocycles. The van der Waals surface area contributed by atoms with Crippen LogP contribution in [0, 0.1) is 23.2 Å². The van der Waals surface area contributed by atoms with E-state index in [0.29, 0.717) is 36.0 Å². The average molecular weight is 579 g/mol. The number of aliphatic hydroxyl groups is 1. The van der Waals surface area contributed by atoms with Crippen molar-refractivity contribution in [3.8, 4) is 17.2 Å². The highest BCUT2D eigenvalue weighted by Crippen LogP contribution is 2.61. The van der Waals surface area contributed by atoms with Crippen LogP contribution in [0.4, 0.5) is 0 Å². The number of benzene rings is 3. The SMILES string of the molecule is O=C1Oc2c(OC(=O)C34CC5CC(C3)C(O)[C@H](C5)C4)c3oc2c1c3C(=O)Oc1ccc2cc(S(=O)(=O)O)ccc2c1. The zero-order valence-corrected chi connectivity index (χ0v) is 22.1. The van der Waals surface area contributed by atoms with E-state index < -0.39 is 39.5 Å². The van der Waals surface area contributed by atoms with Gasteiger partial charge in [0.05, 0.1) is 16.4 Å². The molecule has 5 atom stereocenters. The van der Waals surface area contributed by atoms with E-state index in [9.17, 15) is 32.5 Å². The highest BCUT2D eigenvalue weighted by atomic mass is 32.2. The van der Waals surface area contributed by atoms with Crippen LogP contribution in [-0.4, -0.2) is 42.1 Å². The molecule has 4 saturated carbocycles.